The Hall–Kier alpha value is -3.15. The number of carbonyl (C=O) groups is 1. The first-order chi connectivity index (χ1) is 14.9. The van der Waals surface area contributed by atoms with E-state index >= 15 is 0 Å². The van der Waals surface area contributed by atoms with E-state index in [0.717, 1.165) is 0 Å². The van der Waals surface area contributed by atoms with Gasteiger partial charge in [-0.25, -0.2) is 0 Å². The van der Waals surface area contributed by atoms with E-state index in [9.17, 15) is 10.1 Å². The fourth-order valence-electron chi connectivity index (χ4n) is 2.57. The van der Waals surface area contributed by atoms with Gasteiger partial charge in [0.25, 0.3) is 5.91 Å². The fourth-order valence-corrected chi connectivity index (χ4v) is 3.37. The van der Waals surface area contributed by atoms with Crippen LogP contribution in [-0.2, 0) is 4.79 Å². The molecule has 2 rings (SSSR count). The average Bonchev–Trinajstić information content (AvgIpc) is 2.76. The molecule has 0 atom stereocenters. The molecule has 0 saturated heterocycles. The van der Waals surface area contributed by atoms with Crippen LogP contribution in [0.3, 0.4) is 0 Å². The first-order valence-corrected chi connectivity index (χ1v) is 10.0. The van der Waals surface area contributed by atoms with E-state index in [1.165, 1.54) is 39.5 Å². The van der Waals surface area contributed by atoms with Gasteiger partial charge in [0, 0.05) is 12.1 Å². The molecule has 2 aromatic carbocycles. The van der Waals surface area contributed by atoms with E-state index in [1.807, 2.05) is 6.07 Å². The summed E-state index contributed by atoms with van der Waals surface area (Å²) >= 11 is 9.51. The Balaban J connectivity index is 2.38. The van der Waals surface area contributed by atoms with E-state index in [4.69, 9.17) is 30.5 Å². The lowest BCUT2D eigenvalue weighted by atomic mass is 10.1. The molecule has 1 amide bonds. The first kappa shape index (κ1) is 24.1. The summed E-state index contributed by atoms with van der Waals surface area (Å²) in [5.74, 6) is 0.964. The van der Waals surface area contributed by atoms with Gasteiger partial charge in [-0.2, -0.15) is 5.26 Å². The van der Waals surface area contributed by atoms with Crippen LogP contribution in [0.25, 0.3) is 6.08 Å². The number of nitrogens with one attached hydrogen (secondary N) is 1. The molecular weight excluding hydrogens is 488 g/mol. The van der Waals surface area contributed by atoms with E-state index in [0.29, 0.717) is 50.4 Å². The maximum Gasteiger partial charge on any atom is 0.266 e. The zero-order chi connectivity index (χ0) is 23.0. The summed E-state index contributed by atoms with van der Waals surface area (Å²) in [6.45, 7) is 3.91. The van der Waals surface area contributed by atoms with Crippen LogP contribution in [-0.4, -0.2) is 33.8 Å². The van der Waals surface area contributed by atoms with Crippen molar-refractivity contribution < 1.29 is 23.7 Å². The predicted octanol–water partition coefficient (Wildman–Crippen LogP) is 5.24. The lowest BCUT2D eigenvalue weighted by Crippen LogP contribution is -2.14. The molecule has 0 saturated carbocycles. The molecule has 0 radical (unpaired) electrons. The third kappa shape index (κ3) is 5.94. The normalized spacial score (nSPS) is 10.6. The van der Waals surface area contributed by atoms with Crippen LogP contribution in [0.5, 0.6) is 23.0 Å². The molecule has 1 N–H and O–H groups in total. The molecule has 31 heavy (non-hydrogen) atoms. The summed E-state index contributed by atoms with van der Waals surface area (Å²) in [6, 6.07) is 8.29. The van der Waals surface area contributed by atoms with Crippen LogP contribution in [0.4, 0.5) is 5.69 Å². The van der Waals surface area contributed by atoms with Crippen molar-refractivity contribution in [2.24, 2.45) is 0 Å². The minimum atomic E-state index is -0.632. The molecule has 0 spiro atoms. The number of amides is 1. The van der Waals surface area contributed by atoms with Crippen molar-refractivity contribution in [3.63, 3.8) is 0 Å². The Labute approximate surface area is 193 Å². The fraction of sp³-hybridized carbons (Fsp3) is 0.182. The summed E-state index contributed by atoms with van der Waals surface area (Å²) in [4.78, 5) is 12.7. The first-order valence-electron chi connectivity index (χ1n) is 8.84. The molecule has 0 aliphatic rings. The summed E-state index contributed by atoms with van der Waals surface area (Å²) < 4.78 is 22.0. The zero-order valence-corrected chi connectivity index (χ0v) is 19.5. The number of benzene rings is 2. The Morgan fingerprint density at radius 3 is 2.42 bits per heavy atom. The predicted molar refractivity (Wildman–Crippen MR) is 123 cm³/mol. The molecule has 0 bridgehead atoms. The van der Waals surface area contributed by atoms with Crippen LogP contribution in [0, 0.1) is 11.3 Å². The summed E-state index contributed by atoms with van der Waals surface area (Å²) in [5, 5.41) is 12.5. The third-order valence-corrected chi connectivity index (χ3v) is 4.88. The van der Waals surface area contributed by atoms with Crippen LogP contribution < -0.4 is 24.3 Å². The molecule has 7 nitrogen and oxygen atoms in total. The smallest absolute Gasteiger partial charge is 0.266 e. The second kappa shape index (κ2) is 11.3. The van der Waals surface area contributed by atoms with Crippen molar-refractivity contribution in [2.75, 3.05) is 33.3 Å². The summed E-state index contributed by atoms with van der Waals surface area (Å²) in [5.41, 5.74) is 0.730. The number of hydrogen-bond donors (Lipinski definition) is 1. The summed E-state index contributed by atoms with van der Waals surface area (Å²) in [7, 11) is 4.39. The largest absolute Gasteiger partial charge is 0.495 e. The number of hydrogen-bond acceptors (Lipinski definition) is 6. The maximum absolute atomic E-state index is 12.7. The summed E-state index contributed by atoms with van der Waals surface area (Å²) in [6.07, 6.45) is 3.04. The molecule has 2 aromatic rings. The average molecular weight is 508 g/mol. The van der Waals surface area contributed by atoms with Crippen LogP contribution in [0.15, 0.2) is 47.0 Å². The SMILES string of the molecule is C=CCOc1c(Br)cc(/C=C(\C#N)C(=O)Nc2cc(OC)c(Cl)cc2OC)cc1OC. The van der Waals surface area contributed by atoms with Crippen molar-refractivity contribution in [3.05, 3.63) is 57.6 Å². The molecule has 0 heterocycles. The van der Waals surface area contributed by atoms with Gasteiger partial charge in [-0.05, 0) is 39.7 Å². The lowest BCUT2D eigenvalue weighted by molar-refractivity contribution is -0.112. The van der Waals surface area contributed by atoms with Gasteiger partial charge in [0.15, 0.2) is 11.5 Å². The van der Waals surface area contributed by atoms with Crippen molar-refractivity contribution in [3.8, 4) is 29.1 Å². The van der Waals surface area contributed by atoms with Gasteiger partial charge in [-0.15, -0.1) is 0 Å². The zero-order valence-electron chi connectivity index (χ0n) is 17.1. The Morgan fingerprint density at radius 1 is 1.16 bits per heavy atom. The Morgan fingerprint density at radius 2 is 1.84 bits per heavy atom. The van der Waals surface area contributed by atoms with Gasteiger partial charge >= 0.3 is 0 Å². The highest BCUT2D eigenvalue weighted by Gasteiger charge is 2.17. The number of nitriles is 1. The Bertz CT molecular complexity index is 1060. The second-order valence-corrected chi connectivity index (χ2v) is 7.21. The van der Waals surface area contributed by atoms with Crippen molar-refractivity contribution >= 4 is 45.2 Å². The van der Waals surface area contributed by atoms with Gasteiger partial charge in [0.05, 0.1) is 36.5 Å². The van der Waals surface area contributed by atoms with E-state index in [2.05, 4.69) is 27.8 Å². The number of nitrogens with zero attached hydrogens (tertiary/aromatic N) is 1. The molecule has 9 heteroatoms. The quantitative estimate of drug-likeness (QED) is 0.284. The highest BCUT2D eigenvalue weighted by Crippen LogP contribution is 2.38. The molecule has 0 aliphatic heterocycles. The Kier molecular flexibility index (Phi) is 8.79. The van der Waals surface area contributed by atoms with Gasteiger partial charge in [-0.1, -0.05) is 24.3 Å². The standard InChI is InChI=1S/C22H20BrClN2O5/c1-5-6-31-21-15(23)8-13(9-20(21)30-4)7-14(12-25)22(27)26-17-11-18(28-2)16(24)10-19(17)29-3/h5,7-11H,1,6H2,2-4H3,(H,26,27)/b14-7+. The topological polar surface area (TPSA) is 89.8 Å². The number of carbonyl (C=O) groups excluding carboxylic acids is 1. The second-order valence-electron chi connectivity index (χ2n) is 5.94. The van der Waals surface area contributed by atoms with Gasteiger partial charge in [-0.3, -0.25) is 4.79 Å². The minimum Gasteiger partial charge on any atom is -0.495 e. The van der Waals surface area contributed by atoms with E-state index < -0.39 is 5.91 Å². The van der Waals surface area contributed by atoms with Crippen molar-refractivity contribution in [1.29, 1.82) is 5.26 Å². The number of rotatable bonds is 9. The number of methoxy groups -OCH3 is 3. The lowest BCUT2D eigenvalue weighted by Gasteiger charge is -2.13. The highest BCUT2D eigenvalue weighted by atomic mass is 79.9. The monoisotopic (exact) mass is 506 g/mol. The van der Waals surface area contributed by atoms with Gasteiger partial charge in [0.2, 0.25) is 0 Å². The molecular formula is C22H20BrClN2O5. The maximum atomic E-state index is 12.7. The molecule has 0 aliphatic carbocycles. The number of anilines is 1. The highest BCUT2D eigenvalue weighted by molar-refractivity contribution is 9.10. The molecule has 162 valence electrons. The number of halogens is 2. The minimum absolute atomic E-state index is 0.135. The van der Waals surface area contributed by atoms with Crippen LogP contribution in [0.1, 0.15) is 5.56 Å². The van der Waals surface area contributed by atoms with Crippen molar-refractivity contribution in [1.82, 2.24) is 0 Å². The van der Waals surface area contributed by atoms with E-state index in [-0.39, 0.29) is 5.57 Å². The number of ether oxygens (including phenoxy) is 4. The van der Waals surface area contributed by atoms with Crippen molar-refractivity contribution in [2.45, 2.75) is 0 Å². The molecule has 0 fully saturated rings. The van der Waals surface area contributed by atoms with E-state index in [1.54, 1.807) is 18.2 Å². The third-order valence-electron chi connectivity index (χ3n) is 4.00. The van der Waals surface area contributed by atoms with Gasteiger partial charge in [0.1, 0.15) is 29.7 Å². The molecule has 0 unspecified atom stereocenters. The van der Waals surface area contributed by atoms with Crippen LogP contribution >= 0.6 is 27.5 Å². The molecule has 0 aromatic heterocycles. The van der Waals surface area contributed by atoms with Gasteiger partial charge < -0.3 is 24.3 Å². The van der Waals surface area contributed by atoms with Crippen LogP contribution in [0.2, 0.25) is 5.02 Å².